The lowest BCUT2D eigenvalue weighted by molar-refractivity contribution is 0.0691. The van der Waals surface area contributed by atoms with Crippen molar-refractivity contribution in [2.24, 2.45) is 0 Å². The molecule has 3 aromatic rings. The molecule has 0 saturated carbocycles. The Morgan fingerprint density at radius 3 is 2.46 bits per heavy atom. The zero-order valence-corrected chi connectivity index (χ0v) is 13.5. The number of thiazole rings is 1. The lowest BCUT2D eigenvalue weighted by Crippen LogP contribution is -2.09. The second-order valence-corrected chi connectivity index (χ2v) is 5.71. The van der Waals surface area contributed by atoms with E-state index in [4.69, 9.17) is 14.6 Å². The summed E-state index contributed by atoms with van der Waals surface area (Å²) < 4.78 is 11.4. The van der Waals surface area contributed by atoms with Crippen LogP contribution < -0.4 is 9.47 Å². The third kappa shape index (κ3) is 3.91. The van der Waals surface area contributed by atoms with E-state index in [9.17, 15) is 4.79 Å². The van der Waals surface area contributed by atoms with E-state index in [2.05, 4.69) is 4.98 Å². The van der Waals surface area contributed by atoms with Gasteiger partial charge in [0.1, 0.15) is 29.7 Å². The largest absolute Gasteiger partial charge is 0.490 e. The Balaban J connectivity index is 1.64. The quantitative estimate of drug-likeness (QED) is 0.659. The molecule has 1 heterocycles. The van der Waals surface area contributed by atoms with Crippen LogP contribution in [0.5, 0.6) is 11.5 Å². The summed E-state index contributed by atoms with van der Waals surface area (Å²) in [6.45, 7) is 0.791. The highest BCUT2D eigenvalue weighted by molar-refractivity contribution is 7.13. The SMILES string of the molecule is O=C(O)c1csc(-c2ccccc2OCCOc2ccccc2)n1. The third-order valence-corrected chi connectivity index (χ3v) is 4.07. The van der Waals surface area contributed by atoms with Crippen LogP contribution in [0.3, 0.4) is 0 Å². The molecule has 0 saturated heterocycles. The van der Waals surface area contributed by atoms with E-state index in [1.165, 1.54) is 16.7 Å². The summed E-state index contributed by atoms with van der Waals surface area (Å²) in [7, 11) is 0. The first kappa shape index (κ1) is 16.0. The maximum atomic E-state index is 11.0. The molecule has 0 fully saturated rings. The van der Waals surface area contributed by atoms with Gasteiger partial charge in [-0.05, 0) is 24.3 Å². The van der Waals surface area contributed by atoms with Gasteiger partial charge in [-0.15, -0.1) is 11.3 Å². The van der Waals surface area contributed by atoms with Crippen LogP contribution in [0.4, 0.5) is 0 Å². The molecule has 5 nitrogen and oxygen atoms in total. The van der Waals surface area contributed by atoms with E-state index in [0.717, 1.165) is 11.3 Å². The Morgan fingerprint density at radius 2 is 1.71 bits per heavy atom. The minimum Gasteiger partial charge on any atom is -0.490 e. The second kappa shape index (κ2) is 7.61. The number of carboxylic acid groups (broad SMARTS) is 1. The van der Waals surface area contributed by atoms with Crippen molar-refractivity contribution in [2.45, 2.75) is 0 Å². The Bertz CT molecular complexity index is 817. The van der Waals surface area contributed by atoms with Gasteiger partial charge >= 0.3 is 5.97 Å². The second-order valence-electron chi connectivity index (χ2n) is 4.85. The lowest BCUT2D eigenvalue weighted by atomic mass is 10.2. The number of rotatable bonds is 7. The molecule has 3 rings (SSSR count). The number of para-hydroxylation sites is 2. The summed E-state index contributed by atoms with van der Waals surface area (Å²) in [4.78, 5) is 15.1. The zero-order chi connectivity index (χ0) is 16.8. The highest BCUT2D eigenvalue weighted by Gasteiger charge is 2.13. The van der Waals surface area contributed by atoms with Crippen LogP contribution in [0.1, 0.15) is 10.5 Å². The Morgan fingerprint density at radius 1 is 1.00 bits per heavy atom. The molecule has 0 aliphatic heterocycles. The molecule has 1 N–H and O–H groups in total. The molecule has 0 bridgehead atoms. The van der Waals surface area contributed by atoms with Gasteiger partial charge in [0.25, 0.3) is 0 Å². The molecule has 1 aromatic heterocycles. The van der Waals surface area contributed by atoms with Crippen molar-refractivity contribution < 1.29 is 19.4 Å². The number of carbonyl (C=O) groups is 1. The van der Waals surface area contributed by atoms with Crippen molar-refractivity contribution in [3.05, 3.63) is 65.7 Å². The Labute approximate surface area is 143 Å². The number of hydrogen-bond donors (Lipinski definition) is 1. The summed E-state index contributed by atoms with van der Waals surface area (Å²) in [5.41, 5.74) is 0.812. The Hall–Kier alpha value is -2.86. The van der Waals surface area contributed by atoms with Gasteiger partial charge in [-0.1, -0.05) is 30.3 Å². The molecule has 0 unspecified atom stereocenters. The minimum absolute atomic E-state index is 0.0391. The highest BCUT2D eigenvalue weighted by Crippen LogP contribution is 2.32. The zero-order valence-electron chi connectivity index (χ0n) is 12.7. The molecule has 6 heteroatoms. The van der Waals surface area contributed by atoms with Crippen LogP contribution >= 0.6 is 11.3 Å². The highest BCUT2D eigenvalue weighted by atomic mass is 32.1. The Kier molecular flexibility index (Phi) is 5.08. The van der Waals surface area contributed by atoms with Crippen molar-refractivity contribution in [1.82, 2.24) is 4.98 Å². The van der Waals surface area contributed by atoms with Crippen LogP contribution in [0.25, 0.3) is 10.6 Å². The van der Waals surface area contributed by atoms with Gasteiger partial charge in [-0.3, -0.25) is 0 Å². The van der Waals surface area contributed by atoms with Gasteiger partial charge in [0.2, 0.25) is 0 Å². The fourth-order valence-corrected chi connectivity index (χ4v) is 2.92. The van der Waals surface area contributed by atoms with E-state index in [0.29, 0.717) is 24.0 Å². The summed E-state index contributed by atoms with van der Waals surface area (Å²) in [5.74, 6) is 0.410. The number of aromatic carboxylic acids is 1. The average molecular weight is 341 g/mol. The predicted molar refractivity (Wildman–Crippen MR) is 91.9 cm³/mol. The molecule has 0 aliphatic carbocycles. The van der Waals surface area contributed by atoms with Crippen LogP contribution in [0.2, 0.25) is 0 Å². The first-order chi connectivity index (χ1) is 11.7. The van der Waals surface area contributed by atoms with Crippen molar-refractivity contribution in [3.8, 4) is 22.1 Å². The van der Waals surface area contributed by atoms with Crippen molar-refractivity contribution >= 4 is 17.3 Å². The number of benzene rings is 2. The summed E-state index contributed by atoms with van der Waals surface area (Å²) in [5, 5.41) is 11.1. The summed E-state index contributed by atoms with van der Waals surface area (Å²) >= 11 is 1.28. The fraction of sp³-hybridized carbons (Fsp3) is 0.111. The number of hydrogen-bond acceptors (Lipinski definition) is 5. The summed E-state index contributed by atoms with van der Waals surface area (Å²) in [6, 6.07) is 16.9. The first-order valence-electron chi connectivity index (χ1n) is 7.33. The molecule has 24 heavy (non-hydrogen) atoms. The minimum atomic E-state index is -1.04. The maximum Gasteiger partial charge on any atom is 0.355 e. The van der Waals surface area contributed by atoms with Crippen LogP contribution in [-0.2, 0) is 0 Å². The molecule has 0 spiro atoms. The van der Waals surface area contributed by atoms with Crippen LogP contribution in [0.15, 0.2) is 60.0 Å². The van der Waals surface area contributed by atoms with E-state index in [-0.39, 0.29) is 5.69 Å². The van der Waals surface area contributed by atoms with Gasteiger partial charge in [0.15, 0.2) is 5.69 Å². The molecule has 0 atom stereocenters. The van der Waals surface area contributed by atoms with Gasteiger partial charge in [0, 0.05) is 5.38 Å². The summed E-state index contributed by atoms with van der Waals surface area (Å²) in [6.07, 6.45) is 0. The molecule has 0 radical (unpaired) electrons. The molecule has 122 valence electrons. The van der Waals surface area contributed by atoms with Gasteiger partial charge in [-0.25, -0.2) is 9.78 Å². The predicted octanol–water partition coefficient (Wildman–Crippen LogP) is 3.97. The van der Waals surface area contributed by atoms with Crippen LogP contribution in [0, 0.1) is 0 Å². The van der Waals surface area contributed by atoms with E-state index in [1.807, 2.05) is 54.6 Å². The third-order valence-electron chi connectivity index (χ3n) is 3.19. The number of carboxylic acids is 1. The van der Waals surface area contributed by atoms with Crippen molar-refractivity contribution in [3.63, 3.8) is 0 Å². The topological polar surface area (TPSA) is 68.7 Å². The maximum absolute atomic E-state index is 11.0. The lowest BCUT2D eigenvalue weighted by Gasteiger charge is -2.11. The number of ether oxygens (including phenoxy) is 2. The van der Waals surface area contributed by atoms with Crippen molar-refractivity contribution in [2.75, 3.05) is 13.2 Å². The van der Waals surface area contributed by atoms with Gasteiger partial charge in [-0.2, -0.15) is 0 Å². The molecular weight excluding hydrogens is 326 g/mol. The monoisotopic (exact) mass is 341 g/mol. The van der Waals surface area contributed by atoms with E-state index in [1.54, 1.807) is 0 Å². The molecule has 0 amide bonds. The molecular formula is C18H15NO4S. The standard InChI is InChI=1S/C18H15NO4S/c20-18(21)15-12-24-17(19-15)14-8-4-5-9-16(14)23-11-10-22-13-6-2-1-3-7-13/h1-9,12H,10-11H2,(H,20,21). The van der Waals surface area contributed by atoms with Crippen molar-refractivity contribution in [1.29, 1.82) is 0 Å². The van der Waals surface area contributed by atoms with Gasteiger partial charge in [0.05, 0.1) is 5.56 Å². The number of nitrogens with zero attached hydrogens (tertiary/aromatic N) is 1. The molecule has 0 aliphatic rings. The average Bonchev–Trinajstić information content (AvgIpc) is 3.10. The van der Waals surface area contributed by atoms with E-state index < -0.39 is 5.97 Å². The smallest absolute Gasteiger partial charge is 0.355 e. The number of aromatic nitrogens is 1. The van der Waals surface area contributed by atoms with Gasteiger partial charge < -0.3 is 14.6 Å². The first-order valence-corrected chi connectivity index (χ1v) is 8.21. The normalized spacial score (nSPS) is 10.3. The molecule has 2 aromatic carbocycles. The van der Waals surface area contributed by atoms with Crippen LogP contribution in [-0.4, -0.2) is 29.3 Å². The fourth-order valence-electron chi connectivity index (χ4n) is 2.09. The van der Waals surface area contributed by atoms with E-state index >= 15 is 0 Å².